The van der Waals surface area contributed by atoms with Crippen LogP contribution in [0.4, 0.5) is 5.69 Å². The van der Waals surface area contributed by atoms with Crippen LogP contribution in [0.3, 0.4) is 0 Å². The summed E-state index contributed by atoms with van der Waals surface area (Å²) in [5.74, 6) is -0.199. The lowest BCUT2D eigenvalue weighted by molar-refractivity contribution is 0.0944. The van der Waals surface area contributed by atoms with Crippen molar-refractivity contribution in [1.29, 1.82) is 0 Å². The van der Waals surface area contributed by atoms with E-state index in [2.05, 4.69) is 10.0 Å². The summed E-state index contributed by atoms with van der Waals surface area (Å²) in [6, 6.07) is 11.3. The molecule has 0 atom stereocenters. The standard InChI is InChI=1S/C20H26N2O4S/c1-4-26-13-5-12-21-20(23)17-7-9-18(10-8-17)22-27(24,25)19-11-6-15(2)16(3)14-19/h6-11,14,22H,4-5,12-13H2,1-3H3,(H,21,23). The molecule has 146 valence electrons. The Hall–Kier alpha value is -2.38. The molecule has 0 fully saturated rings. The van der Waals surface area contributed by atoms with E-state index in [1.807, 2.05) is 20.8 Å². The summed E-state index contributed by atoms with van der Waals surface area (Å²) in [6.45, 7) is 7.52. The average Bonchev–Trinajstić information content (AvgIpc) is 2.64. The third-order valence-electron chi connectivity index (χ3n) is 4.14. The molecule has 1 amide bonds. The van der Waals surface area contributed by atoms with Crippen molar-refractivity contribution >= 4 is 21.6 Å². The Bertz CT molecular complexity index is 877. The van der Waals surface area contributed by atoms with Gasteiger partial charge in [-0.3, -0.25) is 9.52 Å². The summed E-state index contributed by atoms with van der Waals surface area (Å²) < 4.78 is 32.8. The number of hydrogen-bond acceptors (Lipinski definition) is 4. The zero-order chi connectivity index (χ0) is 19.9. The van der Waals surface area contributed by atoms with Gasteiger partial charge in [-0.15, -0.1) is 0 Å². The Morgan fingerprint density at radius 2 is 1.74 bits per heavy atom. The van der Waals surface area contributed by atoms with Crippen molar-refractivity contribution in [2.24, 2.45) is 0 Å². The topological polar surface area (TPSA) is 84.5 Å². The molecule has 0 bridgehead atoms. The van der Waals surface area contributed by atoms with Crippen LogP contribution >= 0.6 is 0 Å². The van der Waals surface area contributed by atoms with Gasteiger partial charge in [0.05, 0.1) is 4.90 Å². The zero-order valence-corrected chi connectivity index (χ0v) is 16.7. The van der Waals surface area contributed by atoms with Gasteiger partial charge in [-0.2, -0.15) is 0 Å². The van der Waals surface area contributed by atoms with Crippen LogP contribution in [0.2, 0.25) is 0 Å². The molecule has 27 heavy (non-hydrogen) atoms. The van der Waals surface area contributed by atoms with Crippen LogP contribution in [0.25, 0.3) is 0 Å². The fraction of sp³-hybridized carbons (Fsp3) is 0.350. The molecular weight excluding hydrogens is 364 g/mol. The maximum absolute atomic E-state index is 12.5. The highest BCUT2D eigenvalue weighted by Crippen LogP contribution is 2.19. The molecule has 0 heterocycles. The highest BCUT2D eigenvalue weighted by molar-refractivity contribution is 7.92. The fourth-order valence-electron chi connectivity index (χ4n) is 2.41. The SMILES string of the molecule is CCOCCCNC(=O)c1ccc(NS(=O)(=O)c2ccc(C)c(C)c2)cc1. The number of benzene rings is 2. The predicted molar refractivity (Wildman–Crippen MR) is 107 cm³/mol. The second-order valence-corrected chi connectivity index (χ2v) is 7.92. The maximum atomic E-state index is 12.5. The van der Waals surface area contributed by atoms with Crippen molar-refractivity contribution in [3.8, 4) is 0 Å². The van der Waals surface area contributed by atoms with E-state index >= 15 is 0 Å². The molecule has 2 aromatic rings. The van der Waals surface area contributed by atoms with E-state index in [1.165, 1.54) is 0 Å². The number of nitrogens with one attached hydrogen (secondary N) is 2. The van der Waals surface area contributed by atoms with Crippen molar-refractivity contribution < 1.29 is 17.9 Å². The summed E-state index contributed by atoms with van der Waals surface area (Å²) in [6.07, 6.45) is 0.743. The minimum atomic E-state index is -3.67. The Labute approximate surface area is 161 Å². The molecule has 2 rings (SSSR count). The van der Waals surface area contributed by atoms with Gasteiger partial charge in [0.25, 0.3) is 15.9 Å². The van der Waals surface area contributed by atoms with Gasteiger partial charge in [-0.25, -0.2) is 8.42 Å². The third-order valence-corrected chi connectivity index (χ3v) is 5.52. The fourth-order valence-corrected chi connectivity index (χ4v) is 3.55. The predicted octanol–water partition coefficient (Wildman–Crippen LogP) is 3.26. The molecule has 7 heteroatoms. The van der Waals surface area contributed by atoms with Crippen LogP contribution in [-0.4, -0.2) is 34.1 Å². The first kappa shape index (κ1) is 20.9. The summed E-state index contributed by atoms with van der Waals surface area (Å²) in [5.41, 5.74) is 2.82. The Morgan fingerprint density at radius 3 is 2.37 bits per heavy atom. The second kappa shape index (κ2) is 9.53. The summed E-state index contributed by atoms with van der Waals surface area (Å²) in [5, 5.41) is 2.81. The molecule has 0 aromatic heterocycles. The molecule has 0 aliphatic heterocycles. The molecule has 0 radical (unpaired) electrons. The lowest BCUT2D eigenvalue weighted by atomic mass is 10.1. The first-order valence-electron chi connectivity index (χ1n) is 8.89. The van der Waals surface area contributed by atoms with E-state index in [-0.39, 0.29) is 10.8 Å². The second-order valence-electron chi connectivity index (χ2n) is 6.24. The number of amides is 1. The third kappa shape index (κ3) is 6.08. The van der Waals surface area contributed by atoms with Crippen LogP contribution in [0, 0.1) is 13.8 Å². The van der Waals surface area contributed by atoms with E-state index in [0.717, 1.165) is 17.5 Å². The highest BCUT2D eigenvalue weighted by atomic mass is 32.2. The van der Waals surface area contributed by atoms with Crippen LogP contribution < -0.4 is 10.0 Å². The highest BCUT2D eigenvalue weighted by Gasteiger charge is 2.15. The van der Waals surface area contributed by atoms with Gasteiger partial charge in [-0.1, -0.05) is 6.07 Å². The van der Waals surface area contributed by atoms with Gasteiger partial charge in [0, 0.05) is 31.0 Å². The number of carbonyl (C=O) groups excluding carboxylic acids is 1. The van der Waals surface area contributed by atoms with Gasteiger partial charge in [-0.05, 0) is 74.7 Å². The van der Waals surface area contributed by atoms with Crippen molar-refractivity contribution in [3.05, 3.63) is 59.2 Å². The van der Waals surface area contributed by atoms with Gasteiger partial charge < -0.3 is 10.1 Å². The molecule has 0 spiro atoms. The van der Waals surface area contributed by atoms with Gasteiger partial charge in [0.15, 0.2) is 0 Å². The molecule has 2 N–H and O–H groups in total. The smallest absolute Gasteiger partial charge is 0.261 e. The van der Waals surface area contributed by atoms with Gasteiger partial charge >= 0.3 is 0 Å². The molecule has 0 saturated heterocycles. The molecular formula is C20H26N2O4S. The average molecular weight is 391 g/mol. The minimum Gasteiger partial charge on any atom is -0.382 e. The van der Waals surface area contributed by atoms with E-state index < -0.39 is 10.0 Å². The Balaban J connectivity index is 1.98. The molecule has 0 saturated carbocycles. The van der Waals surface area contributed by atoms with E-state index in [0.29, 0.717) is 31.0 Å². The van der Waals surface area contributed by atoms with Crippen LogP contribution in [0.1, 0.15) is 34.8 Å². The number of carbonyl (C=O) groups is 1. The van der Waals surface area contributed by atoms with E-state index in [9.17, 15) is 13.2 Å². The summed E-state index contributed by atoms with van der Waals surface area (Å²) in [7, 11) is -3.67. The largest absolute Gasteiger partial charge is 0.382 e. The van der Waals surface area contributed by atoms with E-state index in [4.69, 9.17) is 4.74 Å². The summed E-state index contributed by atoms with van der Waals surface area (Å²) >= 11 is 0. The molecule has 0 unspecified atom stereocenters. The maximum Gasteiger partial charge on any atom is 0.261 e. The van der Waals surface area contributed by atoms with Crippen molar-refractivity contribution in [2.45, 2.75) is 32.1 Å². The van der Waals surface area contributed by atoms with Crippen molar-refractivity contribution in [2.75, 3.05) is 24.5 Å². The van der Waals surface area contributed by atoms with Gasteiger partial charge in [0.1, 0.15) is 0 Å². The van der Waals surface area contributed by atoms with Gasteiger partial charge in [0.2, 0.25) is 0 Å². The normalized spacial score (nSPS) is 11.2. The number of anilines is 1. The number of ether oxygens (including phenoxy) is 1. The first-order chi connectivity index (χ1) is 12.8. The Morgan fingerprint density at radius 1 is 1.04 bits per heavy atom. The number of hydrogen-bond donors (Lipinski definition) is 2. The quantitative estimate of drug-likeness (QED) is 0.644. The van der Waals surface area contributed by atoms with Crippen LogP contribution in [0.15, 0.2) is 47.4 Å². The summed E-state index contributed by atoms with van der Waals surface area (Å²) in [4.78, 5) is 12.3. The molecule has 0 aliphatic carbocycles. The lowest BCUT2D eigenvalue weighted by Gasteiger charge is -2.10. The minimum absolute atomic E-state index is 0.199. The zero-order valence-electron chi connectivity index (χ0n) is 15.9. The molecule has 2 aromatic carbocycles. The van der Waals surface area contributed by atoms with Crippen molar-refractivity contribution in [1.82, 2.24) is 5.32 Å². The van der Waals surface area contributed by atoms with E-state index in [1.54, 1.807) is 42.5 Å². The molecule has 6 nitrogen and oxygen atoms in total. The van der Waals surface area contributed by atoms with Crippen LogP contribution in [-0.2, 0) is 14.8 Å². The van der Waals surface area contributed by atoms with Crippen LogP contribution in [0.5, 0.6) is 0 Å². The monoisotopic (exact) mass is 390 g/mol. The number of sulfonamides is 1. The molecule has 0 aliphatic rings. The Kier molecular flexibility index (Phi) is 7.38. The van der Waals surface area contributed by atoms with Crippen molar-refractivity contribution in [3.63, 3.8) is 0 Å². The first-order valence-corrected chi connectivity index (χ1v) is 10.4. The number of aryl methyl sites for hydroxylation is 2. The number of rotatable bonds is 9. The lowest BCUT2D eigenvalue weighted by Crippen LogP contribution is -2.25.